The minimum absolute atomic E-state index is 0.399. The van der Waals surface area contributed by atoms with Crippen LogP contribution < -0.4 is 26.2 Å². The highest BCUT2D eigenvalue weighted by Crippen LogP contribution is 2.40. The molecular formula is C38H33BO2Si. The van der Waals surface area contributed by atoms with Crippen molar-refractivity contribution in [1.82, 2.24) is 0 Å². The van der Waals surface area contributed by atoms with E-state index in [1.807, 2.05) is 0 Å². The summed E-state index contributed by atoms with van der Waals surface area (Å²) < 4.78 is 13.1. The Morgan fingerprint density at radius 2 is 1.00 bits per heavy atom. The Balaban J connectivity index is 1.54. The molecule has 0 amide bonds. The van der Waals surface area contributed by atoms with Gasteiger partial charge in [-0.05, 0) is 86.6 Å². The van der Waals surface area contributed by atoms with Gasteiger partial charge < -0.3 is 9.31 Å². The molecule has 0 spiro atoms. The second-order valence-corrected chi connectivity index (χ2v) is 16.4. The lowest BCUT2D eigenvalue weighted by molar-refractivity contribution is 0.00578. The van der Waals surface area contributed by atoms with Gasteiger partial charge in [0, 0.05) is 0 Å². The molecule has 2 aliphatic heterocycles. The third-order valence-electron chi connectivity index (χ3n) is 9.96. The van der Waals surface area contributed by atoms with Crippen molar-refractivity contribution in [2.45, 2.75) is 38.9 Å². The maximum Gasteiger partial charge on any atom is 0.494 e. The van der Waals surface area contributed by atoms with Gasteiger partial charge in [-0.15, -0.1) is 0 Å². The second-order valence-electron chi connectivity index (χ2n) is 12.7. The molecule has 1 saturated heterocycles. The van der Waals surface area contributed by atoms with Gasteiger partial charge in [0.15, 0.2) is 8.07 Å². The fourth-order valence-corrected chi connectivity index (χ4v) is 12.7. The first-order chi connectivity index (χ1) is 20.3. The Hall–Kier alpha value is -3.96. The van der Waals surface area contributed by atoms with E-state index in [9.17, 15) is 0 Å². The van der Waals surface area contributed by atoms with Crippen molar-refractivity contribution in [1.29, 1.82) is 0 Å². The summed E-state index contributed by atoms with van der Waals surface area (Å²) >= 11 is 0. The molecule has 204 valence electrons. The molecule has 0 aliphatic carbocycles. The molecule has 42 heavy (non-hydrogen) atoms. The van der Waals surface area contributed by atoms with Gasteiger partial charge >= 0.3 is 7.12 Å². The van der Waals surface area contributed by atoms with Crippen LogP contribution in [0.5, 0.6) is 0 Å². The molecule has 0 radical (unpaired) electrons. The van der Waals surface area contributed by atoms with Crippen LogP contribution in [0, 0.1) is 0 Å². The molecule has 8 rings (SSSR count). The average molecular weight is 561 g/mol. The molecule has 0 N–H and O–H groups in total. The van der Waals surface area contributed by atoms with Crippen molar-refractivity contribution >= 4 is 62.9 Å². The van der Waals surface area contributed by atoms with Crippen LogP contribution in [0.1, 0.15) is 27.7 Å². The molecule has 2 nitrogen and oxygen atoms in total. The fraction of sp³-hybridized carbons (Fsp3) is 0.158. The topological polar surface area (TPSA) is 18.5 Å². The van der Waals surface area contributed by atoms with Crippen LogP contribution in [0.2, 0.25) is 0 Å². The molecule has 0 unspecified atom stereocenters. The molecule has 2 aliphatic rings. The lowest BCUT2D eigenvalue weighted by Crippen LogP contribution is -2.73. The van der Waals surface area contributed by atoms with Crippen LogP contribution in [0.15, 0.2) is 127 Å². The summed E-state index contributed by atoms with van der Waals surface area (Å²) in [4.78, 5) is 0. The van der Waals surface area contributed by atoms with E-state index in [1.165, 1.54) is 53.4 Å². The summed E-state index contributed by atoms with van der Waals surface area (Å²) in [6.45, 7) is 8.49. The van der Waals surface area contributed by atoms with Crippen LogP contribution in [-0.2, 0) is 9.31 Å². The quantitative estimate of drug-likeness (QED) is 0.206. The molecule has 6 aromatic carbocycles. The first-order valence-corrected chi connectivity index (χ1v) is 16.9. The van der Waals surface area contributed by atoms with E-state index in [-0.39, 0.29) is 0 Å². The first kappa shape index (κ1) is 25.7. The molecular weight excluding hydrogens is 527 g/mol. The van der Waals surface area contributed by atoms with Gasteiger partial charge in [-0.3, -0.25) is 0 Å². The molecule has 0 aromatic heterocycles. The van der Waals surface area contributed by atoms with Crippen molar-refractivity contribution in [2.75, 3.05) is 0 Å². The van der Waals surface area contributed by atoms with E-state index in [0.717, 1.165) is 5.46 Å². The molecule has 0 atom stereocenters. The van der Waals surface area contributed by atoms with Gasteiger partial charge in [0.1, 0.15) is 0 Å². The fourth-order valence-electron chi connectivity index (χ4n) is 7.31. The monoisotopic (exact) mass is 560 g/mol. The minimum atomic E-state index is -2.71. The van der Waals surface area contributed by atoms with E-state index in [0.29, 0.717) is 0 Å². The van der Waals surface area contributed by atoms with Crippen molar-refractivity contribution in [2.24, 2.45) is 0 Å². The van der Waals surface area contributed by atoms with Crippen molar-refractivity contribution in [3.05, 3.63) is 127 Å². The summed E-state index contributed by atoms with van der Waals surface area (Å²) in [5, 5.41) is 11.0. The molecule has 6 aromatic rings. The summed E-state index contributed by atoms with van der Waals surface area (Å²) in [6.07, 6.45) is 0. The van der Waals surface area contributed by atoms with Gasteiger partial charge in [-0.2, -0.15) is 0 Å². The predicted octanol–water partition coefficient (Wildman–Crippen LogP) is 5.65. The zero-order valence-corrected chi connectivity index (χ0v) is 25.5. The summed E-state index contributed by atoms with van der Waals surface area (Å²) in [6, 6.07) is 47.4. The third kappa shape index (κ3) is 3.40. The van der Waals surface area contributed by atoms with Gasteiger partial charge in [0.2, 0.25) is 0 Å². The van der Waals surface area contributed by atoms with Crippen LogP contribution in [0.25, 0.3) is 32.7 Å². The summed E-state index contributed by atoms with van der Waals surface area (Å²) in [7, 11) is -3.12. The maximum atomic E-state index is 6.57. The van der Waals surface area contributed by atoms with Crippen LogP contribution >= 0.6 is 0 Å². The maximum absolute atomic E-state index is 6.57. The number of benzene rings is 6. The Bertz CT molecular complexity index is 1940. The van der Waals surface area contributed by atoms with Crippen molar-refractivity contribution < 1.29 is 9.31 Å². The van der Waals surface area contributed by atoms with Gasteiger partial charge in [0.05, 0.1) is 11.2 Å². The van der Waals surface area contributed by atoms with Crippen LogP contribution in [-0.4, -0.2) is 26.4 Å². The predicted molar refractivity (Wildman–Crippen MR) is 180 cm³/mol. The van der Waals surface area contributed by atoms with Gasteiger partial charge in [-0.25, -0.2) is 0 Å². The first-order valence-electron chi connectivity index (χ1n) is 14.9. The number of fused-ring (bicyclic) bond motifs is 8. The Kier molecular flexibility index (Phi) is 5.52. The zero-order valence-electron chi connectivity index (χ0n) is 24.5. The van der Waals surface area contributed by atoms with Crippen molar-refractivity contribution in [3.8, 4) is 11.1 Å². The highest BCUT2D eigenvalue weighted by Gasteiger charge is 2.54. The van der Waals surface area contributed by atoms with E-state index in [1.54, 1.807) is 0 Å². The van der Waals surface area contributed by atoms with E-state index in [4.69, 9.17) is 9.31 Å². The average Bonchev–Trinajstić information content (AvgIpc) is 3.45. The molecule has 0 saturated carbocycles. The number of hydrogen-bond acceptors (Lipinski definition) is 2. The largest absolute Gasteiger partial charge is 0.494 e. The SMILES string of the molecule is CC1(C)OB(c2ccc3c(c2)-c2c(c4ccccc4c4ccccc24)[Si]3(c2ccccc2)c2ccccc2)OC1(C)C. The molecule has 0 bridgehead atoms. The lowest BCUT2D eigenvalue weighted by atomic mass is 9.77. The van der Waals surface area contributed by atoms with Crippen LogP contribution in [0.4, 0.5) is 0 Å². The number of hydrogen-bond donors (Lipinski definition) is 0. The second kappa shape index (κ2) is 9.02. The normalized spacial score (nSPS) is 17.9. The third-order valence-corrected chi connectivity index (χ3v) is 14.9. The standard InChI is InChI=1S/C38H33BO2Si/c1-37(2)38(3,4)41-39(40-37)26-23-24-34-33(25-26)35-31-21-13-11-19-29(31)30-20-12-14-22-32(30)36(35)42(34,27-15-7-5-8-16-27)28-17-9-6-10-18-28/h5-25H,1-4H3. The summed E-state index contributed by atoms with van der Waals surface area (Å²) in [5.41, 5.74) is 2.94. The highest BCUT2D eigenvalue weighted by atomic mass is 28.3. The molecule has 4 heteroatoms. The number of rotatable bonds is 3. The van der Waals surface area contributed by atoms with Crippen LogP contribution in [0.3, 0.4) is 0 Å². The van der Waals surface area contributed by atoms with Gasteiger partial charge in [0.25, 0.3) is 0 Å². The Morgan fingerprint density at radius 1 is 0.524 bits per heavy atom. The van der Waals surface area contributed by atoms with E-state index >= 15 is 0 Å². The van der Waals surface area contributed by atoms with E-state index in [2.05, 4.69) is 155 Å². The van der Waals surface area contributed by atoms with Crippen molar-refractivity contribution in [3.63, 3.8) is 0 Å². The zero-order chi connectivity index (χ0) is 28.7. The highest BCUT2D eigenvalue weighted by molar-refractivity contribution is 7.23. The molecule has 2 heterocycles. The minimum Gasteiger partial charge on any atom is -0.399 e. The van der Waals surface area contributed by atoms with Gasteiger partial charge in [-0.1, -0.05) is 127 Å². The van der Waals surface area contributed by atoms with E-state index < -0.39 is 26.4 Å². The smallest absolute Gasteiger partial charge is 0.399 e. The molecule has 1 fully saturated rings. The Morgan fingerprint density at radius 3 is 1.57 bits per heavy atom. The lowest BCUT2D eigenvalue weighted by Gasteiger charge is -2.32. The summed E-state index contributed by atoms with van der Waals surface area (Å²) in [5.74, 6) is 0. The Labute approximate surface area is 249 Å².